The molecule has 1 aromatic rings. The number of anilines is 1. The van der Waals surface area contributed by atoms with Crippen molar-refractivity contribution < 1.29 is 0 Å². The molecule has 1 saturated heterocycles. The number of hydrogen-bond donors (Lipinski definition) is 0. The first kappa shape index (κ1) is 15.2. The summed E-state index contributed by atoms with van der Waals surface area (Å²) in [4.78, 5) is 2.64. The van der Waals surface area contributed by atoms with Crippen molar-refractivity contribution in [3.05, 3.63) is 46.1 Å². The van der Waals surface area contributed by atoms with Gasteiger partial charge >= 0.3 is 0 Å². The third-order valence-electron chi connectivity index (χ3n) is 6.97. The summed E-state index contributed by atoms with van der Waals surface area (Å²) >= 11 is 6.21. The Labute approximate surface area is 148 Å². The molecule has 2 heterocycles. The molecule has 24 heavy (non-hydrogen) atoms. The lowest BCUT2D eigenvalue weighted by atomic mass is 9.74. The number of likely N-dealkylation sites (tertiary alicyclic amines) is 1. The molecule has 2 fully saturated rings. The normalized spacial score (nSPS) is 33.6. The zero-order chi connectivity index (χ0) is 16.3. The summed E-state index contributed by atoms with van der Waals surface area (Å²) in [6.07, 6.45) is 9.81. The number of benzene rings is 1. The van der Waals surface area contributed by atoms with E-state index in [9.17, 15) is 5.21 Å². The smallest absolute Gasteiger partial charge is 0.0410 e. The van der Waals surface area contributed by atoms with Crippen molar-refractivity contribution in [3.8, 4) is 0 Å². The number of allylic oxidation sites excluding steroid dienone is 2. The molecule has 1 spiro atoms. The molecule has 0 radical (unpaired) electrons. The van der Waals surface area contributed by atoms with E-state index in [1.165, 1.54) is 30.0 Å². The van der Waals surface area contributed by atoms with Crippen molar-refractivity contribution in [3.63, 3.8) is 0 Å². The number of fused-ring (bicyclic) bond motifs is 4. The van der Waals surface area contributed by atoms with E-state index in [-0.39, 0.29) is 5.41 Å². The fraction of sp³-hybridized carbons (Fsp3) is 0.600. The van der Waals surface area contributed by atoms with Crippen LogP contribution in [0.4, 0.5) is 5.69 Å². The van der Waals surface area contributed by atoms with Gasteiger partial charge in [0.1, 0.15) is 0 Å². The van der Waals surface area contributed by atoms with Gasteiger partial charge in [-0.3, -0.25) is 0 Å². The van der Waals surface area contributed by atoms with Gasteiger partial charge in [-0.1, -0.05) is 23.8 Å². The van der Waals surface area contributed by atoms with Crippen LogP contribution in [0.15, 0.2) is 30.4 Å². The molecule has 2 aliphatic heterocycles. The molecule has 1 aromatic carbocycles. The molecule has 3 unspecified atom stereocenters. The van der Waals surface area contributed by atoms with Gasteiger partial charge in [0.15, 0.2) is 0 Å². The summed E-state index contributed by atoms with van der Waals surface area (Å²) in [5.74, 6) is 2.54. The van der Waals surface area contributed by atoms with Gasteiger partial charge < -0.3 is 15.2 Å². The van der Waals surface area contributed by atoms with E-state index < -0.39 is 0 Å². The van der Waals surface area contributed by atoms with Crippen molar-refractivity contribution in [1.29, 1.82) is 0 Å². The average Bonchev–Trinajstić information content (AvgIpc) is 3.25. The summed E-state index contributed by atoms with van der Waals surface area (Å²) in [5, 5.41) is 14.3. The molecule has 3 atom stereocenters. The summed E-state index contributed by atoms with van der Waals surface area (Å²) in [6, 6.07) is 5.76. The Hall–Kier alpha value is -1.03. The molecule has 0 aromatic heterocycles. The topological polar surface area (TPSA) is 29.5 Å². The Morgan fingerprint density at radius 1 is 1.17 bits per heavy atom. The number of rotatable bonds is 2. The van der Waals surface area contributed by atoms with Gasteiger partial charge in [0, 0.05) is 29.2 Å². The predicted octanol–water partition coefficient (Wildman–Crippen LogP) is 4.20. The van der Waals surface area contributed by atoms with Gasteiger partial charge in [-0.25, -0.2) is 0 Å². The highest BCUT2D eigenvalue weighted by Crippen LogP contribution is 2.48. The minimum Gasteiger partial charge on any atom is -0.758 e. The SMILES string of the molecule is [O-]N1CC2(CCN(CC3CC4C=CC3C4)CC2)c2cc(Cl)ccc21. The van der Waals surface area contributed by atoms with Gasteiger partial charge in [-0.2, -0.15) is 0 Å². The van der Waals surface area contributed by atoms with Crippen molar-refractivity contribution in [2.24, 2.45) is 17.8 Å². The average molecular weight is 344 g/mol. The quantitative estimate of drug-likeness (QED) is 0.753. The fourth-order valence-electron chi connectivity index (χ4n) is 5.62. The number of piperidine rings is 1. The lowest BCUT2D eigenvalue weighted by Gasteiger charge is -2.42. The zero-order valence-electron chi connectivity index (χ0n) is 14.0. The molecule has 0 N–H and O–H groups in total. The first-order chi connectivity index (χ1) is 11.6. The monoisotopic (exact) mass is 343 g/mol. The second kappa shape index (κ2) is 5.48. The molecular formula is C20H24ClN2O-. The van der Waals surface area contributed by atoms with Gasteiger partial charge in [0.2, 0.25) is 0 Å². The van der Waals surface area contributed by atoms with Gasteiger partial charge in [0.05, 0.1) is 0 Å². The first-order valence-corrected chi connectivity index (χ1v) is 9.66. The lowest BCUT2D eigenvalue weighted by molar-refractivity contribution is 0.139. The van der Waals surface area contributed by atoms with E-state index in [2.05, 4.69) is 17.1 Å². The van der Waals surface area contributed by atoms with Gasteiger partial charge in [0.25, 0.3) is 0 Å². The molecule has 1 saturated carbocycles. The lowest BCUT2D eigenvalue weighted by Crippen LogP contribution is -2.46. The summed E-state index contributed by atoms with van der Waals surface area (Å²) in [6.45, 7) is 4.06. The first-order valence-electron chi connectivity index (χ1n) is 9.28. The molecular weight excluding hydrogens is 320 g/mol. The standard InChI is InChI=1S/C20H24ClN2O/c21-17-3-4-19-18(11-17)20(13-23(19)24)5-7-22(8-6-20)12-16-10-14-1-2-15(16)9-14/h1-4,11,14-16H,5-10,12-13H2/q-1. The minimum absolute atomic E-state index is 0.0209. The number of hydroxylamine groups is 1. The van der Waals surface area contributed by atoms with Crippen LogP contribution in [0.25, 0.3) is 0 Å². The van der Waals surface area contributed by atoms with Gasteiger partial charge in [-0.05, 0) is 80.3 Å². The van der Waals surface area contributed by atoms with Crippen LogP contribution in [-0.2, 0) is 5.41 Å². The van der Waals surface area contributed by atoms with Crippen LogP contribution in [0.1, 0.15) is 31.2 Å². The van der Waals surface area contributed by atoms with Crippen LogP contribution in [0.3, 0.4) is 0 Å². The van der Waals surface area contributed by atoms with Crippen LogP contribution in [0.5, 0.6) is 0 Å². The van der Waals surface area contributed by atoms with E-state index in [1.807, 2.05) is 18.2 Å². The highest BCUT2D eigenvalue weighted by atomic mass is 35.5. The summed E-state index contributed by atoms with van der Waals surface area (Å²) in [5.41, 5.74) is 2.05. The van der Waals surface area contributed by atoms with Crippen molar-refractivity contribution in [1.82, 2.24) is 4.90 Å². The largest absolute Gasteiger partial charge is 0.758 e. The number of halogens is 1. The Bertz CT molecular complexity index is 680. The molecule has 5 rings (SSSR count). The maximum Gasteiger partial charge on any atom is 0.0410 e. The second-order valence-electron chi connectivity index (χ2n) is 8.32. The Morgan fingerprint density at radius 3 is 2.71 bits per heavy atom. The number of hydrogen-bond acceptors (Lipinski definition) is 3. The van der Waals surface area contributed by atoms with Gasteiger partial charge in [-0.15, -0.1) is 0 Å². The van der Waals surface area contributed by atoms with Crippen LogP contribution in [0, 0.1) is 23.0 Å². The van der Waals surface area contributed by atoms with Crippen molar-refractivity contribution >= 4 is 17.3 Å². The zero-order valence-corrected chi connectivity index (χ0v) is 14.7. The van der Waals surface area contributed by atoms with Crippen LogP contribution >= 0.6 is 11.6 Å². The molecule has 2 bridgehead atoms. The highest BCUT2D eigenvalue weighted by molar-refractivity contribution is 6.30. The third kappa shape index (κ3) is 2.33. The summed E-state index contributed by atoms with van der Waals surface area (Å²) < 4.78 is 0. The van der Waals surface area contributed by atoms with E-state index >= 15 is 0 Å². The third-order valence-corrected chi connectivity index (χ3v) is 7.20. The fourth-order valence-corrected chi connectivity index (χ4v) is 5.80. The van der Waals surface area contributed by atoms with E-state index in [0.717, 1.165) is 54.4 Å². The Morgan fingerprint density at radius 2 is 2.00 bits per heavy atom. The summed E-state index contributed by atoms with van der Waals surface area (Å²) in [7, 11) is 0. The van der Waals surface area contributed by atoms with Crippen LogP contribution < -0.4 is 5.06 Å². The molecule has 128 valence electrons. The number of nitrogens with zero attached hydrogens (tertiary/aromatic N) is 2. The Balaban J connectivity index is 1.29. The maximum atomic E-state index is 12.3. The van der Waals surface area contributed by atoms with Crippen molar-refractivity contribution in [2.45, 2.75) is 31.1 Å². The second-order valence-corrected chi connectivity index (χ2v) is 8.76. The Kier molecular flexibility index (Phi) is 3.48. The molecule has 4 heteroatoms. The predicted molar refractivity (Wildman–Crippen MR) is 98.4 cm³/mol. The minimum atomic E-state index is 0.0209. The van der Waals surface area contributed by atoms with E-state index in [0.29, 0.717) is 6.54 Å². The van der Waals surface area contributed by atoms with Crippen LogP contribution in [0.2, 0.25) is 5.02 Å². The van der Waals surface area contributed by atoms with Crippen LogP contribution in [-0.4, -0.2) is 31.1 Å². The highest BCUT2D eigenvalue weighted by Gasteiger charge is 2.43. The molecule has 4 aliphatic rings. The molecule has 2 aliphatic carbocycles. The van der Waals surface area contributed by atoms with E-state index in [4.69, 9.17) is 11.6 Å². The van der Waals surface area contributed by atoms with Crippen molar-refractivity contribution in [2.75, 3.05) is 31.2 Å². The maximum absolute atomic E-state index is 12.3. The molecule has 3 nitrogen and oxygen atoms in total. The van der Waals surface area contributed by atoms with E-state index in [1.54, 1.807) is 0 Å². The molecule has 0 amide bonds.